The lowest BCUT2D eigenvalue weighted by Gasteiger charge is -2.23. The highest BCUT2D eigenvalue weighted by Gasteiger charge is 2.40. The summed E-state index contributed by atoms with van der Waals surface area (Å²) in [5.41, 5.74) is 2.41. The second kappa shape index (κ2) is 8.94. The van der Waals surface area contributed by atoms with Gasteiger partial charge >= 0.3 is 6.03 Å². The zero-order chi connectivity index (χ0) is 22.9. The first-order valence-electron chi connectivity index (χ1n) is 9.77. The van der Waals surface area contributed by atoms with Crippen LogP contribution in [0.1, 0.15) is 24.0 Å². The summed E-state index contributed by atoms with van der Waals surface area (Å²) in [5.74, 6) is -0.249. The zero-order valence-corrected chi connectivity index (χ0v) is 19.3. The fourth-order valence-corrected chi connectivity index (χ4v) is 4.85. The van der Waals surface area contributed by atoms with Crippen molar-refractivity contribution >= 4 is 45.0 Å². The summed E-state index contributed by atoms with van der Waals surface area (Å²) in [5, 5.41) is 6.68. The Morgan fingerprint density at radius 3 is 2.06 bits per heavy atom. The summed E-state index contributed by atoms with van der Waals surface area (Å²) < 4.78 is 27.5. The lowest BCUT2D eigenvalue weighted by atomic mass is 9.86. The molecule has 32 heavy (non-hydrogen) atoms. The molecule has 0 aromatic heterocycles. The number of benzene rings is 3. The molecule has 3 aromatic rings. The first-order chi connectivity index (χ1) is 15.3. The second-order valence-corrected chi connectivity index (χ2v) is 9.89. The summed E-state index contributed by atoms with van der Waals surface area (Å²) in [7, 11) is -4.09. The minimum absolute atomic E-state index is 0.0661. The van der Waals surface area contributed by atoms with Crippen molar-refractivity contribution in [2.24, 2.45) is 5.10 Å². The van der Waals surface area contributed by atoms with Crippen molar-refractivity contribution in [3.05, 3.63) is 100 Å². The fourth-order valence-electron chi connectivity index (χ4n) is 3.66. The molecule has 164 valence electrons. The van der Waals surface area contributed by atoms with E-state index in [1.165, 1.54) is 29.3 Å². The lowest BCUT2D eigenvalue weighted by molar-refractivity contribution is 0.193. The van der Waals surface area contributed by atoms with Crippen molar-refractivity contribution in [2.75, 3.05) is 0 Å². The predicted molar refractivity (Wildman–Crippen MR) is 126 cm³/mol. The molecular weight excluding hydrogens is 469 g/mol. The topological polar surface area (TPSA) is 78.8 Å². The first kappa shape index (κ1) is 22.3. The van der Waals surface area contributed by atoms with Crippen molar-refractivity contribution in [2.45, 2.75) is 23.8 Å². The Bertz CT molecular complexity index is 1260. The third kappa shape index (κ3) is 4.50. The van der Waals surface area contributed by atoms with Crippen LogP contribution in [0.25, 0.3) is 0 Å². The number of halogens is 2. The molecule has 2 amide bonds. The number of nitrogens with zero attached hydrogens (tertiary/aromatic N) is 2. The smallest absolute Gasteiger partial charge is 0.246 e. The summed E-state index contributed by atoms with van der Waals surface area (Å²) in [6, 6.07) is 21.1. The van der Waals surface area contributed by atoms with Crippen LogP contribution in [-0.4, -0.2) is 31.2 Å². The lowest BCUT2D eigenvalue weighted by Crippen LogP contribution is -2.43. The highest BCUT2D eigenvalue weighted by Crippen LogP contribution is 2.34. The average molecular weight is 488 g/mol. The van der Waals surface area contributed by atoms with E-state index in [0.717, 1.165) is 11.1 Å². The van der Waals surface area contributed by atoms with Crippen LogP contribution in [0.4, 0.5) is 4.79 Å². The number of nitrogens with one attached hydrogen (secondary N) is 1. The molecule has 9 heteroatoms. The van der Waals surface area contributed by atoms with Gasteiger partial charge in [-0.1, -0.05) is 65.7 Å². The van der Waals surface area contributed by atoms with Gasteiger partial charge in [0, 0.05) is 10.0 Å². The van der Waals surface area contributed by atoms with Crippen LogP contribution in [0.2, 0.25) is 10.0 Å². The summed E-state index contributed by atoms with van der Waals surface area (Å²) in [6.45, 7) is 1.83. The van der Waals surface area contributed by atoms with E-state index < -0.39 is 22.1 Å². The van der Waals surface area contributed by atoms with E-state index in [2.05, 4.69) is 9.82 Å². The number of rotatable bonds is 4. The largest absolute Gasteiger partial charge is 0.351 e. The van der Waals surface area contributed by atoms with Crippen LogP contribution in [0.15, 0.2) is 88.9 Å². The zero-order valence-electron chi connectivity index (χ0n) is 16.9. The molecular formula is C23H19Cl2N3O3S. The number of sulfonamides is 1. The van der Waals surface area contributed by atoms with Crippen LogP contribution >= 0.6 is 23.2 Å². The monoisotopic (exact) mass is 487 g/mol. The Labute approximate surface area is 196 Å². The highest BCUT2D eigenvalue weighted by molar-refractivity contribution is 7.90. The Morgan fingerprint density at radius 1 is 0.906 bits per heavy atom. The molecule has 0 bridgehead atoms. The van der Waals surface area contributed by atoms with Crippen molar-refractivity contribution in [3.63, 3.8) is 0 Å². The number of urea groups is 1. The Hall–Kier alpha value is -2.87. The van der Waals surface area contributed by atoms with Gasteiger partial charge < -0.3 is 0 Å². The van der Waals surface area contributed by atoms with Gasteiger partial charge in [-0.2, -0.15) is 5.10 Å². The maximum Gasteiger partial charge on any atom is 0.351 e. The van der Waals surface area contributed by atoms with Gasteiger partial charge in [-0.3, -0.25) is 0 Å². The molecule has 4 rings (SSSR count). The molecule has 1 aliphatic rings. The number of hydrogen-bond acceptors (Lipinski definition) is 4. The van der Waals surface area contributed by atoms with Gasteiger partial charge in [-0.25, -0.2) is 22.9 Å². The molecule has 3 aromatic carbocycles. The molecule has 1 heterocycles. The molecule has 0 saturated carbocycles. The van der Waals surface area contributed by atoms with Gasteiger partial charge in [-0.05, 0) is 54.4 Å². The Morgan fingerprint density at radius 2 is 1.47 bits per heavy atom. The third-order valence-electron chi connectivity index (χ3n) is 5.23. The van der Waals surface area contributed by atoms with Crippen molar-refractivity contribution in [1.82, 2.24) is 9.73 Å². The molecule has 6 nitrogen and oxygen atoms in total. The molecule has 2 unspecified atom stereocenters. The van der Waals surface area contributed by atoms with Crippen molar-refractivity contribution in [1.29, 1.82) is 0 Å². The van der Waals surface area contributed by atoms with Crippen LogP contribution in [0.3, 0.4) is 0 Å². The van der Waals surface area contributed by atoms with E-state index in [1.807, 2.05) is 49.4 Å². The van der Waals surface area contributed by atoms with Crippen molar-refractivity contribution in [3.8, 4) is 0 Å². The molecule has 0 spiro atoms. The van der Waals surface area contributed by atoms with Crippen LogP contribution in [-0.2, 0) is 10.0 Å². The van der Waals surface area contributed by atoms with Gasteiger partial charge in [0.25, 0.3) is 10.0 Å². The quantitative estimate of drug-likeness (QED) is 0.543. The van der Waals surface area contributed by atoms with Crippen LogP contribution < -0.4 is 4.72 Å². The van der Waals surface area contributed by atoms with Crippen molar-refractivity contribution < 1.29 is 13.2 Å². The highest BCUT2D eigenvalue weighted by atomic mass is 35.5. The summed E-state index contributed by atoms with van der Waals surface area (Å²) in [4.78, 5) is 12.9. The second-order valence-electron chi connectivity index (χ2n) is 7.33. The summed E-state index contributed by atoms with van der Waals surface area (Å²) >= 11 is 11.9. The minimum Gasteiger partial charge on any atom is -0.246 e. The number of hydrazone groups is 1. The molecule has 1 N–H and O–H groups in total. The molecule has 0 radical (unpaired) electrons. The van der Waals surface area contributed by atoms with E-state index in [4.69, 9.17) is 23.2 Å². The SMILES string of the molecule is CC1C(c2ccccc2)C(c2ccc(Cl)cc2)=NN1C(=O)NS(=O)(=O)c1ccc(Cl)cc1. The first-order valence-corrected chi connectivity index (χ1v) is 12.0. The number of amides is 2. The average Bonchev–Trinajstić information content (AvgIpc) is 3.12. The van der Waals surface area contributed by atoms with Gasteiger partial charge in [-0.15, -0.1) is 0 Å². The molecule has 2 atom stereocenters. The molecule has 0 saturated heterocycles. The number of hydrogen-bond donors (Lipinski definition) is 1. The molecule has 0 aliphatic carbocycles. The van der Waals surface area contributed by atoms with E-state index >= 15 is 0 Å². The van der Waals surface area contributed by atoms with E-state index in [-0.39, 0.29) is 10.8 Å². The Balaban J connectivity index is 1.68. The maximum absolute atomic E-state index is 13.0. The van der Waals surface area contributed by atoms with E-state index in [9.17, 15) is 13.2 Å². The van der Waals surface area contributed by atoms with E-state index in [0.29, 0.717) is 15.8 Å². The molecule has 0 fully saturated rings. The Kier molecular flexibility index (Phi) is 6.24. The predicted octanol–water partition coefficient (Wildman–Crippen LogP) is 5.28. The van der Waals surface area contributed by atoms with E-state index in [1.54, 1.807) is 12.1 Å². The van der Waals surface area contributed by atoms with Crippen LogP contribution in [0.5, 0.6) is 0 Å². The van der Waals surface area contributed by atoms with Crippen LogP contribution in [0, 0.1) is 0 Å². The maximum atomic E-state index is 13.0. The van der Waals surface area contributed by atoms with Gasteiger partial charge in [0.15, 0.2) is 0 Å². The minimum atomic E-state index is -4.09. The number of carbonyl (C=O) groups excluding carboxylic acids is 1. The number of carbonyl (C=O) groups is 1. The standard InChI is InChI=1S/C23H19Cl2N3O3S/c1-15-21(16-5-3-2-4-6-16)22(17-7-9-18(24)10-8-17)26-28(15)23(29)27-32(30,31)20-13-11-19(25)12-14-20/h2-15,21H,1H3,(H,27,29). The fraction of sp³-hybridized carbons (Fsp3) is 0.130. The summed E-state index contributed by atoms with van der Waals surface area (Å²) in [6.07, 6.45) is 0. The normalized spacial score (nSPS) is 18.3. The third-order valence-corrected chi connectivity index (χ3v) is 7.07. The van der Waals surface area contributed by atoms with Gasteiger partial charge in [0.1, 0.15) is 0 Å². The molecule has 1 aliphatic heterocycles. The van der Waals surface area contributed by atoms with Gasteiger partial charge in [0.2, 0.25) is 0 Å². The van der Waals surface area contributed by atoms with Gasteiger partial charge in [0.05, 0.1) is 22.6 Å².